The molecule has 0 unspecified atom stereocenters. The minimum absolute atomic E-state index is 0.389. The first-order chi connectivity index (χ1) is 7.02. The molecule has 0 fully saturated rings. The van der Waals surface area contributed by atoms with Crippen molar-refractivity contribution in [2.45, 2.75) is 0 Å². The van der Waals surface area contributed by atoms with Crippen LogP contribution in [0.5, 0.6) is 0 Å². The standard InChI is InChI=1S/C8H5NO2.CHCl2N/c10-7-5-3-1-2-4-6(5)9-8(7)11;2-1(3)4/h1-4H,(H,9,10,11);4H. The van der Waals surface area contributed by atoms with Gasteiger partial charge in [0.1, 0.15) is 0 Å². The van der Waals surface area contributed by atoms with Crippen molar-refractivity contribution in [2.75, 3.05) is 5.32 Å². The van der Waals surface area contributed by atoms with Gasteiger partial charge in [-0.15, -0.1) is 0 Å². The van der Waals surface area contributed by atoms with Crippen molar-refractivity contribution in [3.05, 3.63) is 29.8 Å². The summed E-state index contributed by atoms with van der Waals surface area (Å²) < 4.78 is -0.389. The van der Waals surface area contributed by atoms with Gasteiger partial charge in [0, 0.05) is 0 Å². The molecule has 6 heteroatoms. The second-order valence-electron chi connectivity index (χ2n) is 2.59. The Balaban J connectivity index is 0.000000245. The molecule has 0 spiro atoms. The molecule has 0 saturated carbocycles. The molecular formula is C9H6Cl2N2O2. The van der Waals surface area contributed by atoms with Gasteiger partial charge >= 0.3 is 0 Å². The Kier molecular flexibility index (Phi) is 3.82. The predicted molar refractivity (Wildman–Crippen MR) is 58.8 cm³/mol. The van der Waals surface area contributed by atoms with Crippen LogP contribution < -0.4 is 5.32 Å². The smallest absolute Gasteiger partial charge is 0.296 e. The molecule has 1 amide bonds. The summed E-state index contributed by atoms with van der Waals surface area (Å²) >= 11 is 9.25. The van der Waals surface area contributed by atoms with Crippen LogP contribution in [0.4, 0.5) is 5.69 Å². The highest BCUT2D eigenvalue weighted by Gasteiger charge is 2.26. The lowest BCUT2D eigenvalue weighted by atomic mass is 10.1. The predicted octanol–water partition coefficient (Wildman–Crippen LogP) is 2.22. The summed E-state index contributed by atoms with van der Waals surface area (Å²) in [6, 6.07) is 6.85. The molecule has 1 heterocycles. The van der Waals surface area contributed by atoms with E-state index in [9.17, 15) is 9.59 Å². The van der Waals surface area contributed by atoms with Gasteiger partial charge in [0.25, 0.3) is 11.7 Å². The molecule has 2 rings (SSSR count). The van der Waals surface area contributed by atoms with Crippen LogP contribution in [0.3, 0.4) is 0 Å². The van der Waals surface area contributed by atoms with E-state index >= 15 is 0 Å². The summed E-state index contributed by atoms with van der Waals surface area (Å²) in [5.41, 5.74) is 1.08. The van der Waals surface area contributed by atoms with Gasteiger partial charge < -0.3 is 5.32 Å². The van der Waals surface area contributed by atoms with Crippen molar-refractivity contribution in [3.63, 3.8) is 0 Å². The molecule has 1 aliphatic heterocycles. The van der Waals surface area contributed by atoms with Crippen molar-refractivity contribution in [2.24, 2.45) is 0 Å². The lowest BCUT2D eigenvalue weighted by Crippen LogP contribution is -2.12. The molecule has 1 aliphatic rings. The van der Waals surface area contributed by atoms with Crippen LogP contribution in [0.2, 0.25) is 0 Å². The maximum atomic E-state index is 11.0. The second-order valence-corrected chi connectivity index (χ2v) is 3.54. The third kappa shape index (κ3) is 3.04. The van der Waals surface area contributed by atoms with Gasteiger partial charge in [-0.25, -0.2) is 0 Å². The molecular weight excluding hydrogens is 239 g/mol. The number of carbonyl (C=O) groups excluding carboxylic acids is 2. The lowest BCUT2D eigenvalue weighted by Gasteiger charge is -1.91. The summed E-state index contributed by atoms with van der Waals surface area (Å²) in [7, 11) is 0. The Labute approximate surface area is 95.7 Å². The Hall–Kier alpha value is -1.39. The topological polar surface area (TPSA) is 70.0 Å². The van der Waals surface area contributed by atoms with E-state index in [1.165, 1.54) is 0 Å². The van der Waals surface area contributed by atoms with Gasteiger partial charge in [-0.3, -0.25) is 15.0 Å². The fraction of sp³-hybridized carbons (Fsp3) is 0. The third-order valence-electron chi connectivity index (χ3n) is 1.63. The molecule has 78 valence electrons. The maximum Gasteiger partial charge on any atom is 0.296 e. The molecule has 2 N–H and O–H groups in total. The first kappa shape index (κ1) is 11.7. The van der Waals surface area contributed by atoms with Gasteiger partial charge in [-0.2, -0.15) is 0 Å². The second kappa shape index (κ2) is 4.91. The van der Waals surface area contributed by atoms with Gasteiger partial charge in [0.05, 0.1) is 11.3 Å². The van der Waals surface area contributed by atoms with E-state index in [1.807, 2.05) is 0 Å². The molecule has 0 aliphatic carbocycles. The number of halogens is 2. The van der Waals surface area contributed by atoms with Gasteiger partial charge in [-0.05, 0) is 35.3 Å². The van der Waals surface area contributed by atoms with Crippen LogP contribution in [0.1, 0.15) is 10.4 Å². The number of fused-ring (bicyclic) bond motifs is 1. The number of hydrogen-bond acceptors (Lipinski definition) is 3. The van der Waals surface area contributed by atoms with Crippen LogP contribution in [0.15, 0.2) is 24.3 Å². The zero-order valence-corrected chi connectivity index (χ0v) is 8.89. The van der Waals surface area contributed by atoms with Crippen molar-refractivity contribution >= 4 is 45.2 Å². The number of Topliss-reactive ketones (excluding diaryl/α,β-unsaturated/α-hetero) is 1. The largest absolute Gasteiger partial charge is 0.318 e. The number of amides is 1. The number of rotatable bonds is 0. The summed E-state index contributed by atoms with van der Waals surface area (Å²) in [5, 5.41) is 8.49. The van der Waals surface area contributed by atoms with E-state index in [0.29, 0.717) is 11.3 Å². The minimum atomic E-state index is -0.536. The van der Waals surface area contributed by atoms with Crippen LogP contribution in [0.25, 0.3) is 0 Å². The SMILES string of the molecule is N=C(Cl)Cl.O=C1Nc2ccccc2C1=O. The minimum Gasteiger partial charge on any atom is -0.318 e. The van der Waals surface area contributed by atoms with E-state index in [2.05, 4.69) is 28.5 Å². The Morgan fingerprint density at radius 2 is 1.73 bits per heavy atom. The fourth-order valence-electron chi connectivity index (χ4n) is 1.09. The highest BCUT2D eigenvalue weighted by atomic mass is 35.5. The molecule has 4 nitrogen and oxygen atoms in total. The molecule has 0 aromatic heterocycles. The van der Waals surface area contributed by atoms with Gasteiger partial charge in [0.2, 0.25) is 0 Å². The molecule has 1 aromatic rings. The summed E-state index contributed by atoms with van der Waals surface area (Å²) in [6.07, 6.45) is 0. The molecule has 15 heavy (non-hydrogen) atoms. The first-order valence-corrected chi connectivity index (χ1v) is 4.62. The number of ketones is 1. The Bertz CT molecular complexity index is 428. The van der Waals surface area contributed by atoms with Crippen LogP contribution in [-0.2, 0) is 4.79 Å². The normalized spacial score (nSPS) is 12.4. The van der Waals surface area contributed by atoms with Crippen molar-refractivity contribution in [3.8, 4) is 0 Å². The van der Waals surface area contributed by atoms with Crippen molar-refractivity contribution in [1.29, 1.82) is 5.41 Å². The number of nitrogens with one attached hydrogen (secondary N) is 2. The van der Waals surface area contributed by atoms with Gasteiger partial charge in [0.15, 0.2) is 4.63 Å². The monoisotopic (exact) mass is 244 g/mol. The quantitative estimate of drug-likeness (QED) is 0.543. The number of benzene rings is 1. The van der Waals surface area contributed by atoms with E-state index in [1.54, 1.807) is 24.3 Å². The Morgan fingerprint density at radius 3 is 2.27 bits per heavy atom. The zero-order valence-electron chi connectivity index (χ0n) is 7.38. The van der Waals surface area contributed by atoms with Crippen molar-refractivity contribution in [1.82, 2.24) is 0 Å². The van der Waals surface area contributed by atoms with Crippen molar-refractivity contribution < 1.29 is 9.59 Å². The summed E-state index contributed by atoms with van der Waals surface area (Å²) in [6.45, 7) is 0. The van der Waals surface area contributed by atoms with E-state index in [-0.39, 0.29) is 4.63 Å². The number of carbonyl (C=O) groups is 2. The molecule has 0 atom stereocenters. The number of para-hydroxylation sites is 1. The fourth-order valence-corrected chi connectivity index (χ4v) is 1.09. The maximum absolute atomic E-state index is 11.0. The third-order valence-corrected chi connectivity index (χ3v) is 1.63. The average Bonchev–Trinajstić information content (AvgIpc) is 2.43. The van der Waals surface area contributed by atoms with Crippen LogP contribution in [0, 0.1) is 5.41 Å². The van der Waals surface area contributed by atoms with E-state index in [4.69, 9.17) is 5.41 Å². The molecule has 0 bridgehead atoms. The van der Waals surface area contributed by atoms with Crippen LogP contribution >= 0.6 is 23.2 Å². The number of anilines is 1. The van der Waals surface area contributed by atoms with E-state index in [0.717, 1.165) is 0 Å². The van der Waals surface area contributed by atoms with Gasteiger partial charge in [-0.1, -0.05) is 12.1 Å². The molecule has 1 aromatic carbocycles. The Morgan fingerprint density at radius 1 is 1.20 bits per heavy atom. The zero-order chi connectivity index (χ0) is 11.4. The average molecular weight is 245 g/mol. The highest BCUT2D eigenvalue weighted by molar-refractivity contribution is 6.94. The first-order valence-electron chi connectivity index (χ1n) is 3.86. The molecule has 0 saturated heterocycles. The summed E-state index contributed by atoms with van der Waals surface area (Å²) in [5.74, 6) is -0.980. The number of hydrogen-bond donors (Lipinski definition) is 2. The molecule has 0 radical (unpaired) electrons. The van der Waals surface area contributed by atoms with Crippen LogP contribution in [-0.4, -0.2) is 16.3 Å². The summed E-state index contributed by atoms with van der Waals surface area (Å²) in [4.78, 5) is 21.8. The van der Waals surface area contributed by atoms with E-state index < -0.39 is 11.7 Å². The highest BCUT2D eigenvalue weighted by Crippen LogP contribution is 2.21. The lowest BCUT2D eigenvalue weighted by molar-refractivity contribution is -0.112.